The lowest BCUT2D eigenvalue weighted by Crippen LogP contribution is -2.53. The van der Waals surface area contributed by atoms with Gasteiger partial charge in [0.1, 0.15) is 0 Å². The maximum Gasteiger partial charge on any atom is 0.311 e. The summed E-state index contributed by atoms with van der Waals surface area (Å²) in [5, 5.41) is 9.47. The first-order valence-electron chi connectivity index (χ1n) is 6.99. The normalized spacial score (nSPS) is 26.5. The van der Waals surface area contributed by atoms with Crippen LogP contribution in [0.4, 0.5) is 0 Å². The molecule has 2 atom stereocenters. The van der Waals surface area contributed by atoms with Gasteiger partial charge in [0.15, 0.2) is 0 Å². The van der Waals surface area contributed by atoms with Crippen LogP contribution >= 0.6 is 0 Å². The third-order valence-electron chi connectivity index (χ3n) is 4.38. The number of likely N-dealkylation sites (tertiary alicyclic amines) is 1. The summed E-state index contributed by atoms with van der Waals surface area (Å²) in [6, 6.07) is 0. The first-order chi connectivity index (χ1) is 8.67. The van der Waals surface area contributed by atoms with Crippen LogP contribution in [0, 0.1) is 11.3 Å². The molecule has 3 N–H and O–H groups in total. The highest BCUT2D eigenvalue weighted by Crippen LogP contribution is 2.38. The van der Waals surface area contributed by atoms with Gasteiger partial charge < -0.3 is 15.7 Å². The molecule has 0 spiro atoms. The molecule has 1 saturated heterocycles. The van der Waals surface area contributed by atoms with Gasteiger partial charge in [-0.2, -0.15) is 0 Å². The van der Waals surface area contributed by atoms with E-state index < -0.39 is 16.9 Å². The van der Waals surface area contributed by atoms with Crippen molar-refractivity contribution in [1.29, 1.82) is 0 Å². The van der Waals surface area contributed by atoms with Crippen LogP contribution in [0.5, 0.6) is 0 Å². The Morgan fingerprint density at radius 2 is 2.05 bits per heavy atom. The van der Waals surface area contributed by atoms with Crippen molar-refractivity contribution >= 4 is 11.9 Å². The summed E-state index contributed by atoms with van der Waals surface area (Å²) in [5.41, 5.74) is 4.34. The van der Waals surface area contributed by atoms with Gasteiger partial charge in [-0.15, -0.1) is 0 Å². The quantitative estimate of drug-likeness (QED) is 0.792. The predicted molar refractivity (Wildman–Crippen MR) is 73.6 cm³/mol. The molecule has 0 saturated carbocycles. The summed E-state index contributed by atoms with van der Waals surface area (Å²) in [6.45, 7) is 8.27. The Labute approximate surface area is 115 Å². The molecule has 5 heteroatoms. The van der Waals surface area contributed by atoms with Crippen molar-refractivity contribution in [2.45, 2.75) is 52.5 Å². The van der Waals surface area contributed by atoms with Crippen molar-refractivity contribution in [2.24, 2.45) is 17.1 Å². The van der Waals surface area contributed by atoms with E-state index in [1.807, 2.05) is 20.8 Å². The third kappa shape index (κ3) is 2.91. The van der Waals surface area contributed by atoms with Crippen LogP contribution in [0.25, 0.3) is 0 Å². The van der Waals surface area contributed by atoms with Gasteiger partial charge in [-0.3, -0.25) is 9.59 Å². The molecule has 1 rings (SSSR count). The molecule has 0 aliphatic carbocycles. The lowest BCUT2D eigenvalue weighted by atomic mass is 9.76. The number of rotatable bonds is 5. The van der Waals surface area contributed by atoms with Gasteiger partial charge >= 0.3 is 5.97 Å². The number of nitrogens with zero attached hydrogens (tertiary/aromatic N) is 1. The van der Waals surface area contributed by atoms with Crippen molar-refractivity contribution in [1.82, 2.24) is 4.90 Å². The first kappa shape index (κ1) is 16.0. The smallest absolute Gasteiger partial charge is 0.311 e. The maximum atomic E-state index is 12.4. The van der Waals surface area contributed by atoms with E-state index in [0.29, 0.717) is 19.4 Å². The molecule has 0 aromatic carbocycles. The summed E-state index contributed by atoms with van der Waals surface area (Å²) in [7, 11) is 0. The Bertz CT molecular complexity index is 366. The molecule has 0 radical (unpaired) electrons. The van der Waals surface area contributed by atoms with Gasteiger partial charge in [0, 0.05) is 13.1 Å². The monoisotopic (exact) mass is 270 g/mol. The number of carboxylic acid groups (broad SMARTS) is 1. The van der Waals surface area contributed by atoms with Crippen LogP contribution < -0.4 is 5.73 Å². The Morgan fingerprint density at radius 3 is 2.42 bits per heavy atom. The molecule has 1 aliphatic rings. The molecular weight excluding hydrogens is 244 g/mol. The number of carbonyl (C=O) groups excluding carboxylic acids is 1. The van der Waals surface area contributed by atoms with Crippen LogP contribution in [-0.2, 0) is 9.59 Å². The highest BCUT2D eigenvalue weighted by Gasteiger charge is 2.50. The predicted octanol–water partition coefficient (Wildman–Crippen LogP) is 1.46. The van der Waals surface area contributed by atoms with Crippen LogP contribution in [0.1, 0.15) is 47.0 Å². The summed E-state index contributed by atoms with van der Waals surface area (Å²) in [6.07, 6.45) is 1.96. The zero-order valence-corrected chi connectivity index (χ0v) is 12.4. The number of hydrogen-bond donors (Lipinski definition) is 2. The lowest BCUT2D eigenvalue weighted by molar-refractivity contribution is -0.151. The SMILES string of the molecule is CCCC(C)(N)C(=O)N1CCC(C(=O)O)(C(C)C)C1. The number of amides is 1. The molecule has 0 bridgehead atoms. The first-order valence-corrected chi connectivity index (χ1v) is 6.99. The van der Waals surface area contributed by atoms with E-state index in [-0.39, 0.29) is 18.4 Å². The molecule has 0 aromatic heterocycles. The highest BCUT2D eigenvalue weighted by atomic mass is 16.4. The Hall–Kier alpha value is -1.10. The Balaban J connectivity index is 2.86. The van der Waals surface area contributed by atoms with E-state index in [9.17, 15) is 14.7 Å². The standard InChI is InChI=1S/C14H26N2O3/c1-5-6-13(4,15)11(17)16-8-7-14(9-16,10(2)3)12(18)19/h10H,5-9,15H2,1-4H3,(H,18,19). The minimum Gasteiger partial charge on any atom is -0.481 e. The van der Waals surface area contributed by atoms with Crippen molar-refractivity contribution < 1.29 is 14.7 Å². The van der Waals surface area contributed by atoms with Crippen LogP contribution in [-0.4, -0.2) is 40.5 Å². The van der Waals surface area contributed by atoms with Crippen molar-refractivity contribution in [2.75, 3.05) is 13.1 Å². The highest BCUT2D eigenvalue weighted by molar-refractivity contribution is 5.87. The summed E-state index contributed by atoms with van der Waals surface area (Å²) in [5.74, 6) is -0.942. The van der Waals surface area contributed by atoms with Crippen LogP contribution in [0.15, 0.2) is 0 Å². The van der Waals surface area contributed by atoms with Crippen LogP contribution in [0.3, 0.4) is 0 Å². The number of carboxylic acids is 1. The molecular formula is C14H26N2O3. The van der Waals surface area contributed by atoms with Crippen molar-refractivity contribution in [3.05, 3.63) is 0 Å². The fourth-order valence-electron chi connectivity index (χ4n) is 2.89. The molecule has 1 heterocycles. The minimum atomic E-state index is -0.889. The second-order valence-corrected chi connectivity index (χ2v) is 6.26. The summed E-state index contributed by atoms with van der Waals surface area (Å²) >= 11 is 0. The fraction of sp³-hybridized carbons (Fsp3) is 0.857. The van der Waals surface area contributed by atoms with E-state index in [1.54, 1.807) is 11.8 Å². The fourth-order valence-corrected chi connectivity index (χ4v) is 2.89. The topological polar surface area (TPSA) is 83.6 Å². The van der Waals surface area contributed by atoms with E-state index in [0.717, 1.165) is 6.42 Å². The lowest BCUT2D eigenvalue weighted by Gasteiger charge is -2.32. The zero-order valence-electron chi connectivity index (χ0n) is 12.4. The third-order valence-corrected chi connectivity index (χ3v) is 4.38. The molecule has 2 unspecified atom stereocenters. The average molecular weight is 270 g/mol. The van der Waals surface area contributed by atoms with Crippen LogP contribution in [0.2, 0.25) is 0 Å². The zero-order chi connectivity index (χ0) is 14.8. The Morgan fingerprint density at radius 1 is 1.47 bits per heavy atom. The molecule has 19 heavy (non-hydrogen) atoms. The largest absolute Gasteiger partial charge is 0.481 e. The minimum absolute atomic E-state index is 0.00185. The van der Waals surface area contributed by atoms with Gasteiger partial charge in [-0.1, -0.05) is 27.2 Å². The van der Waals surface area contributed by atoms with Gasteiger partial charge in [0.05, 0.1) is 11.0 Å². The Kier molecular flexibility index (Phi) is 4.61. The van der Waals surface area contributed by atoms with Gasteiger partial charge in [-0.05, 0) is 25.7 Å². The van der Waals surface area contributed by atoms with Gasteiger partial charge in [-0.25, -0.2) is 0 Å². The van der Waals surface area contributed by atoms with E-state index >= 15 is 0 Å². The maximum absolute atomic E-state index is 12.4. The molecule has 5 nitrogen and oxygen atoms in total. The van der Waals surface area contributed by atoms with E-state index in [2.05, 4.69) is 0 Å². The van der Waals surface area contributed by atoms with Gasteiger partial charge in [0.2, 0.25) is 5.91 Å². The summed E-state index contributed by atoms with van der Waals surface area (Å²) in [4.78, 5) is 25.6. The number of aliphatic carboxylic acids is 1. The molecule has 1 amide bonds. The van der Waals surface area contributed by atoms with E-state index in [1.165, 1.54) is 0 Å². The molecule has 0 aromatic rings. The average Bonchev–Trinajstić information content (AvgIpc) is 2.73. The number of nitrogens with two attached hydrogens (primary N) is 1. The van der Waals surface area contributed by atoms with Crippen molar-refractivity contribution in [3.63, 3.8) is 0 Å². The summed E-state index contributed by atoms with van der Waals surface area (Å²) < 4.78 is 0. The molecule has 1 aliphatic heterocycles. The number of carbonyl (C=O) groups is 2. The van der Waals surface area contributed by atoms with E-state index in [4.69, 9.17) is 5.73 Å². The molecule has 1 fully saturated rings. The van der Waals surface area contributed by atoms with Crippen molar-refractivity contribution in [3.8, 4) is 0 Å². The number of hydrogen-bond acceptors (Lipinski definition) is 3. The second-order valence-electron chi connectivity index (χ2n) is 6.26. The molecule has 110 valence electrons. The van der Waals surface area contributed by atoms with Gasteiger partial charge in [0.25, 0.3) is 0 Å². The second kappa shape index (κ2) is 5.49.